The molecule has 0 radical (unpaired) electrons. The van der Waals surface area contributed by atoms with Gasteiger partial charge in [-0.25, -0.2) is 0 Å². The fraction of sp³-hybridized carbons (Fsp3) is 0.200. The maximum Gasteiger partial charge on any atom is 0.416 e. The zero-order chi connectivity index (χ0) is 14.8. The third-order valence-electron chi connectivity index (χ3n) is 2.92. The highest BCUT2D eigenvalue weighted by Gasteiger charge is 2.30. The number of nitrogens with one attached hydrogen (secondary N) is 1. The molecule has 1 nitrogen and oxygen atoms in total. The van der Waals surface area contributed by atoms with Crippen molar-refractivity contribution in [1.82, 2.24) is 0 Å². The number of benzene rings is 2. The Labute approximate surface area is 123 Å². The molecule has 20 heavy (non-hydrogen) atoms. The molecule has 2 aromatic rings. The van der Waals surface area contributed by atoms with E-state index in [9.17, 15) is 13.2 Å². The van der Waals surface area contributed by atoms with E-state index in [0.29, 0.717) is 5.69 Å². The van der Waals surface area contributed by atoms with E-state index in [4.69, 9.17) is 0 Å². The topological polar surface area (TPSA) is 12.0 Å². The number of alkyl halides is 3. The molecule has 1 N–H and O–H groups in total. The molecule has 2 rings (SSSR count). The van der Waals surface area contributed by atoms with Gasteiger partial charge in [-0.3, -0.25) is 0 Å². The molecule has 0 spiro atoms. The van der Waals surface area contributed by atoms with E-state index in [1.165, 1.54) is 6.07 Å². The lowest BCUT2D eigenvalue weighted by Crippen LogP contribution is -2.09. The van der Waals surface area contributed by atoms with Gasteiger partial charge in [0, 0.05) is 16.2 Å². The van der Waals surface area contributed by atoms with Crippen molar-refractivity contribution in [2.45, 2.75) is 19.1 Å². The molecule has 2 aromatic carbocycles. The molecule has 0 aliphatic rings. The summed E-state index contributed by atoms with van der Waals surface area (Å²) < 4.78 is 38.9. The van der Waals surface area contributed by atoms with Crippen LogP contribution in [0.15, 0.2) is 53.0 Å². The second-order valence-electron chi connectivity index (χ2n) is 4.50. The monoisotopic (exact) mass is 343 g/mol. The summed E-state index contributed by atoms with van der Waals surface area (Å²) >= 11 is 3.38. The second kappa shape index (κ2) is 5.87. The van der Waals surface area contributed by atoms with Gasteiger partial charge in [0.25, 0.3) is 0 Å². The van der Waals surface area contributed by atoms with Crippen molar-refractivity contribution in [3.05, 3.63) is 64.1 Å². The quantitative estimate of drug-likeness (QED) is 0.760. The van der Waals surface area contributed by atoms with Crippen LogP contribution in [-0.2, 0) is 6.18 Å². The fourth-order valence-corrected chi connectivity index (χ4v) is 2.31. The molecule has 0 saturated carbocycles. The Morgan fingerprint density at radius 3 is 2.40 bits per heavy atom. The molecule has 1 unspecified atom stereocenters. The van der Waals surface area contributed by atoms with E-state index >= 15 is 0 Å². The summed E-state index contributed by atoms with van der Waals surface area (Å²) in [5.74, 6) is 0. The van der Waals surface area contributed by atoms with Gasteiger partial charge in [0.2, 0.25) is 0 Å². The van der Waals surface area contributed by atoms with Crippen LogP contribution in [0, 0.1) is 0 Å². The molecule has 0 aliphatic heterocycles. The molecule has 0 heterocycles. The van der Waals surface area contributed by atoms with Crippen LogP contribution < -0.4 is 5.32 Å². The number of hydrogen-bond donors (Lipinski definition) is 1. The van der Waals surface area contributed by atoms with Crippen LogP contribution >= 0.6 is 15.9 Å². The summed E-state index contributed by atoms with van der Waals surface area (Å²) in [6.07, 6.45) is -4.32. The van der Waals surface area contributed by atoms with Gasteiger partial charge >= 0.3 is 6.18 Å². The van der Waals surface area contributed by atoms with Crippen molar-refractivity contribution >= 4 is 21.6 Å². The highest BCUT2D eigenvalue weighted by molar-refractivity contribution is 9.10. The smallest absolute Gasteiger partial charge is 0.379 e. The molecule has 0 aliphatic carbocycles. The van der Waals surface area contributed by atoms with Gasteiger partial charge in [0.1, 0.15) is 0 Å². The first-order valence-electron chi connectivity index (χ1n) is 6.05. The third kappa shape index (κ3) is 3.76. The maximum absolute atomic E-state index is 12.6. The van der Waals surface area contributed by atoms with Gasteiger partial charge in [-0.2, -0.15) is 13.2 Å². The number of hydrogen-bond acceptors (Lipinski definition) is 1. The zero-order valence-electron chi connectivity index (χ0n) is 10.7. The van der Waals surface area contributed by atoms with E-state index in [1.54, 1.807) is 6.07 Å². The van der Waals surface area contributed by atoms with Crippen molar-refractivity contribution < 1.29 is 13.2 Å². The second-order valence-corrected chi connectivity index (χ2v) is 5.42. The SMILES string of the molecule is CC(Nc1cccc(C(F)(F)F)c1)c1cccc(Br)c1. The largest absolute Gasteiger partial charge is 0.416 e. The third-order valence-corrected chi connectivity index (χ3v) is 3.41. The molecule has 106 valence electrons. The predicted octanol–water partition coefficient (Wildman–Crippen LogP) is 5.64. The van der Waals surface area contributed by atoms with Gasteiger partial charge < -0.3 is 5.32 Å². The van der Waals surface area contributed by atoms with Crippen molar-refractivity contribution in [3.8, 4) is 0 Å². The molecule has 0 aromatic heterocycles. The van der Waals surface area contributed by atoms with Crippen LogP contribution in [0.2, 0.25) is 0 Å². The lowest BCUT2D eigenvalue weighted by Gasteiger charge is -2.17. The number of rotatable bonds is 3. The fourth-order valence-electron chi connectivity index (χ4n) is 1.89. The van der Waals surface area contributed by atoms with E-state index in [2.05, 4.69) is 21.2 Å². The first-order valence-corrected chi connectivity index (χ1v) is 6.85. The average Bonchev–Trinajstić information content (AvgIpc) is 2.38. The molecular formula is C15H13BrF3N. The summed E-state index contributed by atoms with van der Waals surface area (Å²) in [5.41, 5.74) is 0.799. The van der Waals surface area contributed by atoms with Crippen LogP contribution in [-0.4, -0.2) is 0 Å². The molecule has 5 heteroatoms. The van der Waals surface area contributed by atoms with E-state index in [-0.39, 0.29) is 6.04 Å². The lowest BCUT2D eigenvalue weighted by atomic mass is 10.1. The van der Waals surface area contributed by atoms with Gasteiger partial charge in [-0.05, 0) is 42.8 Å². The highest BCUT2D eigenvalue weighted by Crippen LogP contribution is 2.31. The van der Waals surface area contributed by atoms with Gasteiger partial charge in [0.15, 0.2) is 0 Å². The van der Waals surface area contributed by atoms with Crippen LogP contribution in [0.1, 0.15) is 24.1 Å². The molecule has 0 fully saturated rings. The van der Waals surface area contributed by atoms with Crippen molar-refractivity contribution in [2.24, 2.45) is 0 Å². The van der Waals surface area contributed by atoms with Crippen LogP contribution in [0.25, 0.3) is 0 Å². The Kier molecular flexibility index (Phi) is 4.38. The normalized spacial score (nSPS) is 13.1. The minimum absolute atomic E-state index is 0.0871. The van der Waals surface area contributed by atoms with E-state index in [0.717, 1.165) is 22.2 Å². The molecule has 0 saturated heterocycles. The van der Waals surface area contributed by atoms with Gasteiger partial charge in [-0.15, -0.1) is 0 Å². The highest BCUT2D eigenvalue weighted by atomic mass is 79.9. The minimum atomic E-state index is -4.32. The summed E-state index contributed by atoms with van der Waals surface area (Å²) in [7, 11) is 0. The summed E-state index contributed by atoms with van der Waals surface area (Å²) in [6, 6.07) is 12.8. The standard InChI is InChI=1S/C15H13BrF3N/c1-10(11-4-2-6-13(16)8-11)20-14-7-3-5-12(9-14)15(17,18)19/h2-10,20H,1H3. The zero-order valence-corrected chi connectivity index (χ0v) is 12.3. The Morgan fingerprint density at radius 2 is 1.75 bits per heavy atom. The van der Waals surface area contributed by atoms with Crippen LogP contribution in [0.4, 0.5) is 18.9 Å². The molecule has 0 bridgehead atoms. The minimum Gasteiger partial charge on any atom is -0.379 e. The van der Waals surface area contributed by atoms with E-state index in [1.807, 2.05) is 31.2 Å². The molecule has 1 atom stereocenters. The molecule has 0 amide bonds. The maximum atomic E-state index is 12.6. The number of halogens is 4. The van der Waals surface area contributed by atoms with Crippen molar-refractivity contribution in [2.75, 3.05) is 5.32 Å². The Morgan fingerprint density at radius 1 is 1.05 bits per heavy atom. The summed E-state index contributed by atoms with van der Waals surface area (Å²) in [5, 5.41) is 3.08. The first-order chi connectivity index (χ1) is 9.36. The Bertz CT molecular complexity index is 596. The van der Waals surface area contributed by atoms with Gasteiger partial charge in [0.05, 0.1) is 5.56 Å². The van der Waals surface area contributed by atoms with E-state index < -0.39 is 11.7 Å². The van der Waals surface area contributed by atoms with Crippen LogP contribution in [0.5, 0.6) is 0 Å². The molecular weight excluding hydrogens is 331 g/mol. The van der Waals surface area contributed by atoms with Gasteiger partial charge in [-0.1, -0.05) is 34.1 Å². The van der Waals surface area contributed by atoms with Crippen molar-refractivity contribution in [1.29, 1.82) is 0 Å². The predicted molar refractivity (Wildman–Crippen MR) is 77.6 cm³/mol. The first kappa shape index (κ1) is 14.9. The lowest BCUT2D eigenvalue weighted by molar-refractivity contribution is -0.137. The number of anilines is 1. The Balaban J connectivity index is 2.18. The Hall–Kier alpha value is -1.49. The summed E-state index contributed by atoms with van der Waals surface area (Å²) in [6.45, 7) is 1.90. The summed E-state index contributed by atoms with van der Waals surface area (Å²) in [4.78, 5) is 0. The average molecular weight is 344 g/mol. The van der Waals surface area contributed by atoms with Crippen LogP contribution in [0.3, 0.4) is 0 Å². The van der Waals surface area contributed by atoms with Crippen molar-refractivity contribution in [3.63, 3.8) is 0 Å².